The van der Waals surface area contributed by atoms with Crippen LogP contribution in [0.2, 0.25) is 0 Å². The molecule has 4 aromatic heterocycles. The van der Waals surface area contributed by atoms with Gasteiger partial charge in [-0.3, -0.25) is 14.2 Å². The molecule has 1 saturated heterocycles. The molecule has 35 heavy (non-hydrogen) atoms. The number of carboxylic acid groups (broad SMARTS) is 1. The Hall–Kier alpha value is -4.13. The zero-order valence-corrected chi connectivity index (χ0v) is 19.9. The van der Waals surface area contributed by atoms with Gasteiger partial charge in [-0.1, -0.05) is 0 Å². The van der Waals surface area contributed by atoms with Gasteiger partial charge in [-0.05, 0) is 18.6 Å². The van der Waals surface area contributed by atoms with Gasteiger partial charge in [0.2, 0.25) is 16.4 Å². The molecule has 0 atom stereocenters. The molecule has 0 bridgehead atoms. The summed E-state index contributed by atoms with van der Waals surface area (Å²) >= 11 is 1.06. The molecule has 1 fully saturated rings. The van der Waals surface area contributed by atoms with E-state index in [4.69, 9.17) is 4.74 Å². The number of pyridine rings is 2. The number of hydrogen-bond donors (Lipinski definition) is 1. The van der Waals surface area contributed by atoms with Crippen molar-refractivity contribution in [3.05, 3.63) is 51.7 Å². The highest BCUT2D eigenvalue weighted by molar-refractivity contribution is 7.08. The zero-order valence-electron chi connectivity index (χ0n) is 19.1. The Morgan fingerprint density at radius 2 is 2.06 bits per heavy atom. The summed E-state index contributed by atoms with van der Waals surface area (Å²) in [6.45, 7) is 2.70. The third-order valence-corrected chi connectivity index (χ3v) is 6.71. The van der Waals surface area contributed by atoms with E-state index < -0.39 is 11.4 Å². The van der Waals surface area contributed by atoms with Gasteiger partial charge < -0.3 is 14.7 Å². The maximum Gasteiger partial charge on any atom is 0.341 e. The number of ether oxygens (including phenoxy) is 1. The molecule has 0 spiro atoms. The number of rotatable bonds is 7. The number of methoxy groups -OCH3 is 1. The highest BCUT2D eigenvalue weighted by Gasteiger charge is 2.34. The van der Waals surface area contributed by atoms with Crippen molar-refractivity contribution in [1.29, 1.82) is 0 Å². The van der Waals surface area contributed by atoms with E-state index in [1.54, 1.807) is 37.9 Å². The van der Waals surface area contributed by atoms with Crippen LogP contribution < -0.4 is 15.1 Å². The second-order valence-electron chi connectivity index (χ2n) is 8.31. The van der Waals surface area contributed by atoms with Gasteiger partial charge in [0, 0.05) is 43.9 Å². The van der Waals surface area contributed by atoms with Crippen LogP contribution in [-0.2, 0) is 18.3 Å². The number of carboxylic acids is 1. The monoisotopic (exact) mass is 495 g/mol. The quantitative estimate of drug-likeness (QED) is 0.397. The summed E-state index contributed by atoms with van der Waals surface area (Å²) in [5, 5.41) is 14.4. The summed E-state index contributed by atoms with van der Waals surface area (Å²) in [6, 6.07) is 3.49. The van der Waals surface area contributed by atoms with Crippen LogP contribution in [0.25, 0.3) is 16.2 Å². The molecule has 13 heteroatoms. The summed E-state index contributed by atoms with van der Waals surface area (Å²) in [6.07, 6.45) is 2.80. The molecule has 0 radical (unpaired) electrons. The normalized spacial score (nSPS) is 13.7. The van der Waals surface area contributed by atoms with Gasteiger partial charge in [0.1, 0.15) is 23.5 Å². The third-order valence-electron chi connectivity index (χ3n) is 6.04. The molecule has 180 valence electrons. The van der Waals surface area contributed by atoms with Crippen molar-refractivity contribution in [3.63, 3.8) is 0 Å². The third kappa shape index (κ3) is 3.93. The molecule has 1 aliphatic rings. The molecule has 0 aliphatic carbocycles. The molecule has 0 amide bonds. The van der Waals surface area contributed by atoms with Gasteiger partial charge in [0.15, 0.2) is 5.65 Å². The highest BCUT2D eigenvalue weighted by Crippen LogP contribution is 2.29. The first kappa shape index (κ1) is 22.7. The Morgan fingerprint density at radius 1 is 1.29 bits per heavy atom. The van der Waals surface area contributed by atoms with Crippen LogP contribution in [0.5, 0.6) is 5.88 Å². The molecular weight excluding hydrogens is 474 g/mol. The predicted molar refractivity (Wildman–Crippen MR) is 127 cm³/mol. The van der Waals surface area contributed by atoms with E-state index in [-0.39, 0.29) is 29.1 Å². The van der Waals surface area contributed by atoms with Crippen molar-refractivity contribution in [2.24, 2.45) is 13.0 Å². The lowest BCUT2D eigenvalue weighted by atomic mass is 9.92. The van der Waals surface area contributed by atoms with Crippen LogP contribution >= 0.6 is 11.5 Å². The predicted octanol–water partition coefficient (Wildman–Crippen LogP) is 1.23. The second-order valence-corrected chi connectivity index (χ2v) is 9.07. The number of ketones is 1. The molecule has 0 saturated carbocycles. The van der Waals surface area contributed by atoms with E-state index in [0.717, 1.165) is 11.5 Å². The summed E-state index contributed by atoms with van der Waals surface area (Å²) in [5.41, 5.74) is 0.565. The van der Waals surface area contributed by atoms with Crippen LogP contribution in [0, 0.1) is 12.8 Å². The topological polar surface area (TPSA) is 145 Å². The van der Waals surface area contributed by atoms with Gasteiger partial charge in [-0.25, -0.2) is 19.4 Å². The Labute approximate surface area is 202 Å². The molecule has 12 nitrogen and oxygen atoms in total. The minimum absolute atomic E-state index is 0.0800. The van der Waals surface area contributed by atoms with Crippen molar-refractivity contribution < 1.29 is 19.4 Å². The van der Waals surface area contributed by atoms with Crippen LogP contribution in [0.1, 0.15) is 21.6 Å². The molecule has 0 unspecified atom stereocenters. The molecule has 5 rings (SSSR count). The maximum absolute atomic E-state index is 12.9. The fourth-order valence-electron chi connectivity index (χ4n) is 4.19. The fourth-order valence-corrected chi connectivity index (χ4v) is 4.70. The maximum atomic E-state index is 12.9. The highest BCUT2D eigenvalue weighted by atomic mass is 32.1. The summed E-state index contributed by atoms with van der Waals surface area (Å²) in [5.74, 6) is -0.226. The van der Waals surface area contributed by atoms with Gasteiger partial charge in [-0.15, -0.1) is 0 Å². The van der Waals surface area contributed by atoms with Crippen molar-refractivity contribution in [3.8, 4) is 11.0 Å². The first-order chi connectivity index (χ1) is 16.8. The lowest BCUT2D eigenvalue weighted by Gasteiger charge is -2.39. The Kier molecular flexibility index (Phi) is 5.55. The zero-order chi connectivity index (χ0) is 24.9. The van der Waals surface area contributed by atoms with E-state index in [1.165, 1.54) is 17.1 Å². The first-order valence-corrected chi connectivity index (χ1v) is 11.5. The minimum atomic E-state index is -1.33. The SMILES string of the molecule is COc1cc(CC(=O)C2CN(c3cc(C)c4c(=O)c(C(=O)O)cn(-c5ncns5)c4n3)C2)nn1C. The van der Waals surface area contributed by atoms with Gasteiger partial charge in [0.05, 0.1) is 30.5 Å². The smallest absolute Gasteiger partial charge is 0.341 e. The average molecular weight is 496 g/mol. The number of hydrogen-bond acceptors (Lipinski definition) is 10. The number of aromatic nitrogens is 6. The van der Waals surface area contributed by atoms with Crippen molar-refractivity contribution in [1.82, 2.24) is 28.7 Å². The first-order valence-electron chi connectivity index (χ1n) is 10.7. The molecule has 4 aromatic rings. The van der Waals surface area contributed by atoms with Crippen LogP contribution in [0.3, 0.4) is 0 Å². The number of nitrogens with zero attached hydrogens (tertiary/aromatic N) is 7. The Balaban J connectivity index is 1.43. The van der Waals surface area contributed by atoms with Crippen LogP contribution in [0.4, 0.5) is 5.82 Å². The number of fused-ring (bicyclic) bond motifs is 1. The van der Waals surface area contributed by atoms with E-state index in [9.17, 15) is 19.5 Å². The number of Topliss-reactive ketones (excluding diaryl/α,β-unsaturated/α-hetero) is 1. The fraction of sp³-hybridized carbons (Fsp3) is 0.318. The van der Waals surface area contributed by atoms with E-state index >= 15 is 0 Å². The summed E-state index contributed by atoms with van der Waals surface area (Å²) in [7, 11) is 3.31. The number of carbonyl (C=O) groups excluding carboxylic acids is 1. The van der Waals surface area contributed by atoms with Crippen molar-refractivity contribution >= 4 is 40.1 Å². The van der Waals surface area contributed by atoms with E-state index in [0.29, 0.717) is 46.8 Å². The number of carbonyl (C=O) groups is 2. The Bertz CT molecular complexity index is 1520. The molecule has 1 N–H and O–H groups in total. The van der Waals surface area contributed by atoms with Crippen molar-refractivity contribution in [2.45, 2.75) is 13.3 Å². The van der Waals surface area contributed by atoms with Crippen molar-refractivity contribution in [2.75, 3.05) is 25.1 Å². The largest absolute Gasteiger partial charge is 0.481 e. The average Bonchev–Trinajstić information content (AvgIpc) is 3.42. The summed E-state index contributed by atoms with van der Waals surface area (Å²) in [4.78, 5) is 48.1. The second kappa shape index (κ2) is 8.58. The minimum Gasteiger partial charge on any atom is -0.481 e. The molecule has 0 aromatic carbocycles. The Morgan fingerprint density at radius 3 is 2.69 bits per heavy atom. The van der Waals surface area contributed by atoms with E-state index in [1.807, 2.05) is 4.90 Å². The lowest BCUT2D eigenvalue weighted by Crippen LogP contribution is -2.51. The van der Waals surface area contributed by atoms with Crippen LogP contribution in [-0.4, -0.2) is 65.7 Å². The van der Waals surface area contributed by atoms with Gasteiger partial charge in [0.25, 0.3) is 0 Å². The molecule has 1 aliphatic heterocycles. The number of anilines is 1. The molecular formula is C22H21N7O5S. The number of aromatic carboxylic acids is 1. The summed E-state index contributed by atoms with van der Waals surface area (Å²) < 4.78 is 12.2. The number of aryl methyl sites for hydroxylation is 2. The standard InChI is InChI=1S/C22H21N7O5S/c1-11-4-16(28-7-12(8-28)15(30)5-13-6-17(34-3)27(2)26-13)25-20-18(11)19(31)14(21(32)33)9-29(20)22-23-10-24-35-22/h4,6,9-10,12H,5,7-8H2,1-3H3,(H,32,33). The lowest BCUT2D eigenvalue weighted by molar-refractivity contribution is -0.123. The van der Waals surface area contributed by atoms with Gasteiger partial charge >= 0.3 is 5.97 Å². The van der Waals surface area contributed by atoms with Crippen LogP contribution in [0.15, 0.2) is 29.5 Å². The van der Waals surface area contributed by atoms with Gasteiger partial charge in [-0.2, -0.15) is 9.47 Å². The molecule has 5 heterocycles. The van der Waals surface area contributed by atoms with E-state index in [2.05, 4.69) is 19.4 Å².